The molecule has 0 radical (unpaired) electrons. The van der Waals surface area contributed by atoms with Crippen molar-refractivity contribution in [3.8, 4) is 0 Å². The summed E-state index contributed by atoms with van der Waals surface area (Å²) >= 11 is 1.01. The molecule has 0 N–H and O–H groups in total. The van der Waals surface area contributed by atoms with Gasteiger partial charge in [0.05, 0.1) is 4.92 Å². The zero-order valence-electron chi connectivity index (χ0n) is 14.9. The van der Waals surface area contributed by atoms with E-state index in [1.807, 2.05) is 12.1 Å². The fourth-order valence-corrected chi connectivity index (χ4v) is 3.80. The van der Waals surface area contributed by atoms with Gasteiger partial charge in [-0.15, -0.1) is 0 Å². The first-order valence-corrected chi connectivity index (χ1v) is 9.51. The fourth-order valence-electron chi connectivity index (χ4n) is 2.75. The van der Waals surface area contributed by atoms with Crippen LogP contribution in [-0.2, 0) is 0 Å². The summed E-state index contributed by atoms with van der Waals surface area (Å²) in [4.78, 5) is 36.0. The predicted molar refractivity (Wildman–Crippen MR) is 110 cm³/mol. The number of rotatable bonds is 7. The van der Waals surface area contributed by atoms with Crippen LogP contribution in [0.25, 0.3) is 0 Å². The standard InChI is InChI=1S/C22H17NO4S/c24-20(16-8-3-1-4-9-16)15-21(18-12-7-13-19(14-18)23(26)27)28-22(25)17-10-5-2-6-11-17/h1-14,21H,15H2. The van der Waals surface area contributed by atoms with Crippen LogP contribution in [0, 0.1) is 10.1 Å². The zero-order chi connectivity index (χ0) is 19.9. The van der Waals surface area contributed by atoms with Gasteiger partial charge in [-0.2, -0.15) is 0 Å². The van der Waals surface area contributed by atoms with Crippen molar-refractivity contribution in [1.29, 1.82) is 0 Å². The highest BCUT2D eigenvalue weighted by Gasteiger charge is 2.23. The molecule has 0 aromatic heterocycles. The van der Waals surface area contributed by atoms with Gasteiger partial charge in [-0.25, -0.2) is 0 Å². The van der Waals surface area contributed by atoms with Crippen LogP contribution in [0.15, 0.2) is 84.9 Å². The molecular weight excluding hydrogens is 374 g/mol. The van der Waals surface area contributed by atoms with E-state index in [0.717, 1.165) is 11.8 Å². The molecule has 6 heteroatoms. The van der Waals surface area contributed by atoms with Gasteiger partial charge >= 0.3 is 0 Å². The maximum absolute atomic E-state index is 12.7. The maximum Gasteiger partial charge on any atom is 0.269 e. The Kier molecular flexibility index (Phi) is 6.34. The Labute approximate surface area is 166 Å². The highest BCUT2D eigenvalue weighted by molar-refractivity contribution is 8.14. The van der Waals surface area contributed by atoms with Crippen molar-refractivity contribution in [2.75, 3.05) is 0 Å². The summed E-state index contributed by atoms with van der Waals surface area (Å²) in [5.74, 6) is -0.120. The van der Waals surface area contributed by atoms with E-state index in [9.17, 15) is 19.7 Å². The number of nitrogens with zero attached hydrogens (tertiary/aromatic N) is 1. The Morgan fingerprint density at radius 1 is 0.857 bits per heavy atom. The number of benzene rings is 3. The van der Waals surface area contributed by atoms with Gasteiger partial charge in [0.2, 0.25) is 5.12 Å². The van der Waals surface area contributed by atoms with Crippen LogP contribution < -0.4 is 0 Å². The second kappa shape index (κ2) is 9.10. The molecule has 140 valence electrons. The molecule has 5 nitrogen and oxygen atoms in total. The molecule has 0 bridgehead atoms. The number of nitro groups is 1. The zero-order valence-corrected chi connectivity index (χ0v) is 15.7. The van der Waals surface area contributed by atoms with Crippen molar-refractivity contribution in [3.63, 3.8) is 0 Å². The van der Waals surface area contributed by atoms with Crippen molar-refractivity contribution in [2.45, 2.75) is 11.7 Å². The number of thioether (sulfide) groups is 1. The largest absolute Gasteiger partial charge is 0.294 e. The number of nitro benzene ring substituents is 1. The molecule has 0 aliphatic carbocycles. The first-order valence-electron chi connectivity index (χ1n) is 8.63. The van der Waals surface area contributed by atoms with Gasteiger partial charge in [-0.05, 0) is 5.56 Å². The Morgan fingerprint density at radius 3 is 2.07 bits per heavy atom. The number of carbonyl (C=O) groups excluding carboxylic acids is 2. The minimum Gasteiger partial charge on any atom is -0.294 e. The first kappa shape index (κ1) is 19.5. The third kappa shape index (κ3) is 4.92. The normalized spacial score (nSPS) is 11.6. The van der Waals surface area contributed by atoms with Crippen molar-refractivity contribution < 1.29 is 14.5 Å². The van der Waals surface area contributed by atoms with Crippen molar-refractivity contribution >= 4 is 28.3 Å². The summed E-state index contributed by atoms with van der Waals surface area (Å²) in [5, 5.41) is 10.4. The minimum atomic E-state index is -0.527. The SMILES string of the molecule is O=C(CC(SC(=O)c1ccccc1)c1cccc([N+](=O)[O-])c1)c1ccccc1. The third-order valence-corrected chi connectivity index (χ3v) is 5.35. The van der Waals surface area contributed by atoms with Crippen molar-refractivity contribution in [3.05, 3.63) is 112 Å². The summed E-state index contributed by atoms with van der Waals surface area (Å²) in [6.07, 6.45) is 0.0639. The highest BCUT2D eigenvalue weighted by atomic mass is 32.2. The third-order valence-electron chi connectivity index (χ3n) is 4.18. The Hall–Kier alpha value is -3.25. The smallest absolute Gasteiger partial charge is 0.269 e. The Bertz CT molecular complexity index is 936. The van der Waals surface area contributed by atoms with Gasteiger partial charge in [0.25, 0.3) is 5.69 Å². The molecule has 3 aromatic rings. The lowest BCUT2D eigenvalue weighted by Gasteiger charge is -2.16. The average Bonchev–Trinajstić information content (AvgIpc) is 2.74. The van der Waals surface area contributed by atoms with Gasteiger partial charge in [-0.3, -0.25) is 19.7 Å². The molecule has 3 rings (SSSR count). The summed E-state index contributed by atoms with van der Waals surface area (Å²) < 4.78 is 0. The van der Waals surface area contributed by atoms with Gasteiger partial charge < -0.3 is 0 Å². The Balaban J connectivity index is 1.89. The summed E-state index contributed by atoms with van der Waals surface area (Å²) in [6, 6.07) is 23.7. The summed E-state index contributed by atoms with van der Waals surface area (Å²) in [5.41, 5.74) is 1.58. The van der Waals surface area contributed by atoms with E-state index in [1.54, 1.807) is 60.7 Å². The van der Waals surface area contributed by atoms with Crippen LogP contribution in [-0.4, -0.2) is 15.8 Å². The molecule has 0 aliphatic rings. The van der Waals surface area contributed by atoms with E-state index < -0.39 is 10.2 Å². The van der Waals surface area contributed by atoms with Crippen LogP contribution in [0.1, 0.15) is 38.0 Å². The lowest BCUT2D eigenvalue weighted by molar-refractivity contribution is -0.384. The van der Waals surface area contributed by atoms with E-state index in [2.05, 4.69) is 0 Å². The van der Waals surface area contributed by atoms with E-state index in [4.69, 9.17) is 0 Å². The number of hydrogen-bond acceptors (Lipinski definition) is 5. The number of ketones is 1. The molecule has 0 saturated heterocycles. The molecular formula is C22H17NO4S. The van der Waals surface area contributed by atoms with Crippen LogP contribution in [0.5, 0.6) is 0 Å². The lowest BCUT2D eigenvalue weighted by atomic mass is 10.0. The predicted octanol–water partition coefficient (Wildman–Crippen LogP) is 5.48. The molecule has 0 heterocycles. The molecule has 1 atom stereocenters. The quantitative estimate of drug-likeness (QED) is 0.303. The van der Waals surface area contributed by atoms with Crippen molar-refractivity contribution in [1.82, 2.24) is 0 Å². The first-order chi connectivity index (χ1) is 13.5. The molecule has 0 fully saturated rings. The van der Waals surface area contributed by atoms with Gasteiger partial charge in [-0.1, -0.05) is 84.6 Å². The van der Waals surface area contributed by atoms with Crippen LogP contribution in [0.4, 0.5) is 5.69 Å². The van der Waals surface area contributed by atoms with E-state index in [-0.39, 0.29) is 23.0 Å². The molecule has 1 unspecified atom stereocenters. The number of Topliss-reactive ketones (excluding diaryl/α,β-unsaturated/α-hetero) is 1. The molecule has 0 saturated carbocycles. The number of carbonyl (C=O) groups is 2. The Morgan fingerprint density at radius 2 is 1.46 bits per heavy atom. The molecule has 0 amide bonds. The lowest BCUT2D eigenvalue weighted by Crippen LogP contribution is -2.08. The van der Waals surface area contributed by atoms with Gasteiger partial charge in [0.15, 0.2) is 5.78 Å². The van der Waals surface area contributed by atoms with Crippen LogP contribution in [0.3, 0.4) is 0 Å². The molecule has 28 heavy (non-hydrogen) atoms. The monoisotopic (exact) mass is 391 g/mol. The molecule has 0 spiro atoms. The summed E-state index contributed by atoms with van der Waals surface area (Å²) in [7, 11) is 0. The number of hydrogen-bond donors (Lipinski definition) is 0. The minimum absolute atomic E-state index is 0.0639. The van der Waals surface area contributed by atoms with Crippen molar-refractivity contribution in [2.24, 2.45) is 0 Å². The molecule has 3 aromatic carbocycles. The molecule has 0 aliphatic heterocycles. The van der Waals surface area contributed by atoms with Gasteiger partial charge in [0, 0.05) is 34.9 Å². The highest BCUT2D eigenvalue weighted by Crippen LogP contribution is 2.36. The average molecular weight is 391 g/mol. The second-order valence-electron chi connectivity index (χ2n) is 6.11. The fraction of sp³-hybridized carbons (Fsp3) is 0.0909. The van der Waals surface area contributed by atoms with Gasteiger partial charge in [0.1, 0.15) is 0 Å². The maximum atomic E-state index is 12.7. The summed E-state index contributed by atoms with van der Waals surface area (Å²) in [6.45, 7) is 0. The van der Waals surface area contributed by atoms with Crippen LogP contribution in [0.2, 0.25) is 0 Å². The topological polar surface area (TPSA) is 77.3 Å². The second-order valence-corrected chi connectivity index (χ2v) is 7.28. The van der Waals surface area contributed by atoms with E-state index in [1.165, 1.54) is 12.1 Å². The number of non-ortho nitro benzene ring substituents is 1. The van der Waals surface area contributed by atoms with E-state index in [0.29, 0.717) is 16.7 Å². The van der Waals surface area contributed by atoms with E-state index >= 15 is 0 Å². The van der Waals surface area contributed by atoms with Crippen LogP contribution >= 0.6 is 11.8 Å².